The van der Waals surface area contributed by atoms with Crippen molar-refractivity contribution in [2.75, 3.05) is 44.7 Å². The number of likely N-dealkylation sites (N-methyl/N-ethyl adjacent to an activating group) is 1. The highest BCUT2D eigenvalue weighted by Crippen LogP contribution is 2.35. The number of amides is 1. The highest BCUT2D eigenvalue weighted by molar-refractivity contribution is 5.92. The van der Waals surface area contributed by atoms with Crippen LogP contribution in [0.3, 0.4) is 0 Å². The highest BCUT2D eigenvalue weighted by Gasteiger charge is 2.35. The first-order valence-corrected chi connectivity index (χ1v) is 19.0. The predicted octanol–water partition coefficient (Wildman–Crippen LogP) is 6.83. The zero-order valence-corrected chi connectivity index (χ0v) is 32.6. The van der Waals surface area contributed by atoms with E-state index in [-0.39, 0.29) is 37.7 Å². The van der Waals surface area contributed by atoms with E-state index in [1.54, 1.807) is 4.90 Å². The van der Waals surface area contributed by atoms with Crippen LogP contribution in [-0.2, 0) is 29.6 Å². The Balaban J connectivity index is 1.23. The molecule has 3 aromatic carbocycles. The van der Waals surface area contributed by atoms with E-state index >= 15 is 0 Å². The molecule has 5 aromatic rings. The molecule has 2 aliphatic rings. The maximum atomic E-state index is 14.3. The van der Waals surface area contributed by atoms with Gasteiger partial charge >= 0.3 is 18.1 Å². The summed E-state index contributed by atoms with van der Waals surface area (Å²) in [7, 11) is 3.83. The van der Waals surface area contributed by atoms with Crippen molar-refractivity contribution in [1.29, 1.82) is 5.26 Å². The molecule has 0 spiro atoms. The molecule has 1 amide bonds. The summed E-state index contributed by atoms with van der Waals surface area (Å²) < 4.78 is 34.1. The van der Waals surface area contributed by atoms with Gasteiger partial charge in [0.15, 0.2) is 5.82 Å². The van der Waals surface area contributed by atoms with Gasteiger partial charge in [0.2, 0.25) is 0 Å². The third-order valence-corrected chi connectivity index (χ3v) is 10.6. The number of rotatable bonds is 10. The average molecular weight is 762 g/mol. The van der Waals surface area contributed by atoms with E-state index < -0.39 is 23.7 Å². The highest BCUT2D eigenvalue weighted by atomic mass is 19.1. The number of carbonyl (C=O) groups excluding carboxylic acids is 2. The summed E-state index contributed by atoms with van der Waals surface area (Å²) >= 11 is 0. The number of nitriles is 1. The summed E-state index contributed by atoms with van der Waals surface area (Å²) in [6.07, 6.45) is 1.56. The number of anilines is 1. The summed E-state index contributed by atoms with van der Waals surface area (Å²) in [4.78, 5) is 41.9. The topological polar surface area (TPSA) is 126 Å². The molecule has 0 radical (unpaired) electrons. The van der Waals surface area contributed by atoms with Crippen LogP contribution in [0.15, 0.2) is 72.9 Å². The molecule has 2 aromatic heterocycles. The van der Waals surface area contributed by atoms with Gasteiger partial charge in [-0.2, -0.15) is 15.2 Å². The van der Waals surface area contributed by atoms with Gasteiger partial charge in [0.05, 0.1) is 23.9 Å². The molecule has 7 rings (SSSR count). The number of halogens is 1. The second-order valence-corrected chi connectivity index (χ2v) is 15.8. The molecule has 0 aliphatic carbocycles. The van der Waals surface area contributed by atoms with Gasteiger partial charge in [0, 0.05) is 57.4 Å². The Labute approximate surface area is 326 Å². The summed E-state index contributed by atoms with van der Waals surface area (Å²) in [5.74, 6) is 0.753. The number of ether oxygens (including phenoxy) is 3. The van der Waals surface area contributed by atoms with Gasteiger partial charge in [-0.25, -0.2) is 9.18 Å². The van der Waals surface area contributed by atoms with E-state index in [0.29, 0.717) is 56.1 Å². The smallest absolute Gasteiger partial charge is 0.410 e. The molecule has 2 saturated heterocycles. The molecule has 13 heteroatoms. The number of aryl methyl sites for hydroxylation is 1. The second-order valence-electron chi connectivity index (χ2n) is 15.8. The Morgan fingerprint density at radius 1 is 0.964 bits per heavy atom. The summed E-state index contributed by atoms with van der Waals surface area (Å²) in [5.41, 5.74) is 3.50. The van der Waals surface area contributed by atoms with Crippen LogP contribution in [0.1, 0.15) is 50.3 Å². The zero-order chi connectivity index (χ0) is 39.6. The van der Waals surface area contributed by atoms with Gasteiger partial charge in [-0.3, -0.25) is 9.69 Å². The van der Waals surface area contributed by atoms with E-state index in [1.165, 1.54) is 0 Å². The summed E-state index contributed by atoms with van der Waals surface area (Å²) in [6, 6.07) is 23.1. The van der Waals surface area contributed by atoms with Crippen LogP contribution in [0, 0.1) is 16.7 Å². The van der Waals surface area contributed by atoms with E-state index in [9.17, 15) is 19.2 Å². The number of esters is 1. The lowest BCUT2D eigenvalue weighted by Crippen LogP contribution is -2.55. The van der Waals surface area contributed by atoms with Crippen LogP contribution >= 0.6 is 0 Å². The molecule has 0 saturated carbocycles. The van der Waals surface area contributed by atoms with Gasteiger partial charge in [-0.05, 0) is 68.3 Å². The quantitative estimate of drug-likeness (QED) is 0.111. The molecule has 1 unspecified atom stereocenters. The number of alkyl halides is 1. The number of likely N-dealkylation sites (tertiary alicyclic amines) is 1. The Morgan fingerprint density at radius 2 is 1.73 bits per heavy atom. The summed E-state index contributed by atoms with van der Waals surface area (Å²) in [6.45, 7) is 7.24. The van der Waals surface area contributed by atoms with Gasteiger partial charge in [0.25, 0.3) is 0 Å². The van der Waals surface area contributed by atoms with Crippen LogP contribution in [0.4, 0.5) is 15.0 Å². The third-order valence-electron chi connectivity index (χ3n) is 10.6. The number of nitrogens with zero attached hydrogens (tertiary/aromatic N) is 7. The minimum atomic E-state index is -0.922. The van der Waals surface area contributed by atoms with E-state index in [2.05, 4.69) is 17.0 Å². The first-order chi connectivity index (χ1) is 26.9. The zero-order valence-electron chi connectivity index (χ0n) is 32.6. The number of aromatic nitrogens is 3. The van der Waals surface area contributed by atoms with Gasteiger partial charge in [0.1, 0.15) is 36.2 Å². The lowest BCUT2D eigenvalue weighted by Gasteiger charge is -2.40. The first-order valence-electron chi connectivity index (χ1n) is 19.0. The fourth-order valence-electron chi connectivity index (χ4n) is 7.52. The number of benzene rings is 3. The van der Waals surface area contributed by atoms with Crippen molar-refractivity contribution >= 4 is 39.7 Å². The summed E-state index contributed by atoms with van der Waals surface area (Å²) in [5, 5.41) is 11.8. The maximum Gasteiger partial charge on any atom is 0.410 e. The molecule has 292 valence electrons. The Morgan fingerprint density at radius 3 is 2.46 bits per heavy atom. The van der Waals surface area contributed by atoms with Crippen LogP contribution in [0.5, 0.6) is 11.8 Å². The minimum Gasteiger partial charge on any atom is -0.462 e. The van der Waals surface area contributed by atoms with Crippen LogP contribution < -0.4 is 14.4 Å². The SMILES string of the molecule is CN1C[C@H](F)C[C@H]1COc1nc(N2CCN(C(=O)OCc3ccccc3)C(CC#N)C2)c2c(n1)c(Cc1cc(OC(=O)C(C)(C)C)cc3ccccc13)cn2C. The monoisotopic (exact) mass is 761 g/mol. The van der Waals surface area contributed by atoms with Crippen molar-refractivity contribution in [2.45, 2.75) is 64.9 Å². The van der Waals surface area contributed by atoms with Gasteiger partial charge in [-0.15, -0.1) is 0 Å². The van der Waals surface area contributed by atoms with E-state index in [1.807, 2.05) is 111 Å². The molecular formula is C43H48FN7O5. The number of carbonyl (C=O) groups is 2. The van der Waals surface area contributed by atoms with Crippen molar-refractivity contribution in [3.63, 3.8) is 0 Å². The molecule has 0 bridgehead atoms. The Bertz CT molecular complexity index is 2270. The molecule has 3 atom stereocenters. The fraction of sp³-hybridized carbons (Fsp3) is 0.419. The molecule has 0 N–H and O–H groups in total. The molecular weight excluding hydrogens is 714 g/mol. The number of hydrogen-bond donors (Lipinski definition) is 0. The Kier molecular flexibility index (Phi) is 11.1. The van der Waals surface area contributed by atoms with E-state index in [0.717, 1.165) is 33.0 Å². The lowest BCUT2D eigenvalue weighted by atomic mass is 9.97. The number of piperazine rings is 1. The number of fused-ring (bicyclic) bond motifs is 2. The first kappa shape index (κ1) is 38.5. The predicted molar refractivity (Wildman–Crippen MR) is 211 cm³/mol. The average Bonchev–Trinajstić information content (AvgIpc) is 3.67. The van der Waals surface area contributed by atoms with Crippen LogP contribution in [-0.4, -0.2) is 94.5 Å². The molecule has 4 heterocycles. The maximum absolute atomic E-state index is 14.3. The largest absolute Gasteiger partial charge is 0.462 e. The molecule has 2 fully saturated rings. The molecule has 12 nitrogen and oxygen atoms in total. The van der Waals surface area contributed by atoms with E-state index in [4.69, 9.17) is 24.2 Å². The van der Waals surface area contributed by atoms with Crippen molar-refractivity contribution in [1.82, 2.24) is 24.3 Å². The van der Waals surface area contributed by atoms with Crippen molar-refractivity contribution < 1.29 is 28.2 Å². The van der Waals surface area contributed by atoms with Crippen LogP contribution in [0.25, 0.3) is 21.8 Å². The third kappa shape index (κ3) is 8.40. The second kappa shape index (κ2) is 16.2. The molecule has 2 aliphatic heterocycles. The Hall–Kier alpha value is -5.74. The fourth-order valence-corrected chi connectivity index (χ4v) is 7.52. The minimum absolute atomic E-state index is 0.106. The van der Waals surface area contributed by atoms with Crippen molar-refractivity contribution in [2.24, 2.45) is 12.5 Å². The van der Waals surface area contributed by atoms with Crippen LogP contribution in [0.2, 0.25) is 0 Å². The normalized spacial score (nSPS) is 19.0. The van der Waals surface area contributed by atoms with Gasteiger partial charge in [-0.1, -0.05) is 54.6 Å². The standard InChI is InChI=1S/C43H48FN7O5/c1-43(2,3)40(52)56-35-20-29-13-9-10-14-36(29)30(21-35)19-31-23-49(5)38-37(31)46-41(54-27-34-22-32(44)24-48(34)4)47-39(38)50-17-18-51(33(25-50)15-16-45)42(53)55-26-28-11-7-6-8-12-28/h6-14,20-21,23,32-34H,15,17-19,22,24-27H2,1-5H3/t32-,33?,34+/m1/s1. The molecule has 56 heavy (non-hydrogen) atoms. The number of hydrogen-bond acceptors (Lipinski definition) is 10. The van der Waals surface area contributed by atoms with Gasteiger partial charge < -0.3 is 28.6 Å². The van der Waals surface area contributed by atoms with Crippen molar-refractivity contribution in [3.8, 4) is 17.8 Å². The van der Waals surface area contributed by atoms with Crippen molar-refractivity contribution in [3.05, 3.63) is 89.6 Å². The lowest BCUT2D eigenvalue weighted by molar-refractivity contribution is -0.142.